The van der Waals surface area contributed by atoms with Gasteiger partial charge in [0.2, 0.25) is 0 Å². The number of para-hydroxylation sites is 2. The first-order chi connectivity index (χ1) is 33.2. The lowest BCUT2D eigenvalue weighted by Gasteiger charge is -2.26. The van der Waals surface area contributed by atoms with Gasteiger partial charge in [0.25, 0.3) is 0 Å². The minimum atomic E-state index is 1.09. The molecular formula is C64H42N2S. The van der Waals surface area contributed by atoms with Crippen LogP contribution >= 0.6 is 11.3 Å². The molecule has 13 rings (SSSR count). The molecule has 0 unspecified atom stereocenters. The van der Waals surface area contributed by atoms with Crippen molar-refractivity contribution in [2.24, 2.45) is 0 Å². The Balaban J connectivity index is 0.833. The molecule has 0 amide bonds. The van der Waals surface area contributed by atoms with E-state index in [1.807, 2.05) is 11.3 Å². The van der Waals surface area contributed by atoms with Crippen LogP contribution in [0.25, 0.3) is 103 Å². The smallest absolute Gasteiger partial charge is 0.0541 e. The van der Waals surface area contributed by atoms with E-state index >= 15 is 0 Å². The van der Waals surface area contributed by atoms with E-state index in [0.717, 1.165) is 22.7 Å². The van der Waals surface area contributed by atoms with Crippen molar-refractivity contribution < 1.29 is 0 Å². The van der Waals surface area contributed by atoms with Gasteiger partial charge in [0.15, 0.2) is 0 Å². The molecule has 0 spiro atoms. The van der Waals surface area contributed by atoms with Gasteiger partial charge in [0.05, 0.1) is 11.0 Å². The molecule has 67 heavy (non-hydrogen) atoms. The van der Waals surface area contributed by atoms with Crippen LogP contribution in [-0.2, 0) is 0 Å². The minimum absolute atomic E-state index is 1.09. The average Bonchev–Trinajstić information content (AvgIpc) is 3.95. The number of fused-ring (bicyclic) bond motifs is 7. The van der Waals surface area contributed by atoms with Crippen molar-refractivity contribution in [3.63, 3.8) is 0 Å². The quantitative estimate of drug-likeness (QED) is 0.148. The molecule has 13 aromatic rings. The summed E-state index contributed by atoms with van der Waals surface area (Å²) in [5, 5.41) is 7.70. The molecule has 2 nitrogen and oxygen atoms in total. The zero-order valence-corrected chi connectivity index (χ0v) is 37.4. The van der Waals surface area contributed by atoms with Gasteiger partial charge in [-0.3, -0.25) is 0 Å². The highest BCUT2D eigenvalue weighted by Gasteiger charge is 2.16. The van der Waals surface area contributed by atoms with Crippen LogP contribution in [0.2, 0.25) is 0 Å². The Labute approximate surface area is 393 Å². The van der Waals surface area contributed by atoms with E-state index in [9.17, 15) is 0 Å². The van der Waals surface area contributed by atoms with Crippen LogP contribution in [-0.4, -0.2) is 4.57 Å². The van der Waals surface area contributed by atoms with Crippen molar-refractivity contribution >= 4 is 81.1 Å². The molecule has 2 aromatic heterocycles. The van der Waals surface area contributed by atoms with Gasteiger partial charge < -0.3 is 9.47 Å². The molecule has 0 atom stereocenters. The number of benzene rings is 11. The van der Waals surface area contributed by atoms with Crippen LogP contribution in [0.1, 0.15) is 0 Å². The van der Waals surface area contributed by atoms with Gasteiger partial charge >= 0.3 is 0 Å². The van der Waals surface area contributed by atoms with Crippen molar-refractivity contribution in [3.05, 3.63) is 255 Å². The zero-order valence-electron chi connectivity index (χ0n) is 36.6. The molecule has 3 heteroatoms. The van der Waals surface area contributed by atoms with Gasteiger partial charge in [-0.15, -0.1) is 11.3 Å². The molecule has 2 heterocycles. The van der Waals surface area contributed by atoms with Crippen LogP contribution in [0.3, 0.4) is 0 Å². The largest absolute Gasteiger partial charge is 0.311 e. The molecule has 0 aliphatic rings. The lowest BCUT2D eigenvalue weighted by Crippen LogP contribution is -2.09. The van der Waals surface area contributed by atoms with Crippen LogP contribution in [0.4, 0.5) is 17.1 Å². The van der Waals surface area contributed by atoms with Gasteiger partial charge in [-0.25, -0.2) is 0 Å². The first-order valence-electron chi connectivity index (χ1n) is 22.9. The third-order valence-corrected chi connectivity index (χ3v) is 14.6. The maximum Gasteiger partial charge on any atom is 0.0541 e. The fraction of sp³-hybridized carbons (Fsp3) is 0. The number of aromatic nitrogens is 1. The molecule has 0 N–H and O–H groups in total. The number of hydrogen-bond donors (Lipinski definition) is 0. The predicted molar refractivity (Wildman–Crippen MR) is 288 cm³/mol. The molecule has 11 aromatic carbocycles. The van der Waals surface area contributed by atoms with E-state index < -0.39 is 0 Å². The van der Waals surface area contributed by atoms with E-state index in [4.69, 9.17) is 0 Å². The van der Waals surface area contributed by atoms with Crippen molar-refractivity contribution in [3.8, 4) is 50.2 Å². The minimum Gasteiger partial charge on any atom is -0.311 e. The Morgan fingerprint density at radius 2 is 0.701 bits per heavy atom. The van der Waals surface area contributed by atoms with E-state index in [-0.39, 0.29) is 0 Å². The Kier molecular flexibility index (Phi) is 9.40. The highest BCUT2D eigenvalue weighted by molar-refractivity contribution is 7.25. The van der Waals surface area contributed by atoms with E-state index in [1.165, 1.54) is 97.3 Å². The molecule has 314 valence electrons. The van der Waals surface area contributed by atoms with Crippen LogP contribution in [0.5, 0.6) is 0 Å². The Morgan fingerprint density at radius 3 is 1.30 bits per heavy atom. The lowest BCUT2D eigenvalue weighted by molar-refractivity contribution is 1.18. The van der Waals surface area contributed by atoms with Crippen molar-refractivity contribution in [2.75, 3.05) is 4.90 Å². The second-order valence-electron chi connectivity index (χ2n) is 17.3. The SMILES string of the molecule is c1ccc2c(-c3ccc(-c4ccc(N(c5ccc(-c6ccc(-n7c8ccccc8c8ccccc87)cc6)cc5)c5ccc(-c6ccc7sc8ccccc8c7c6)cc5)cc4)cc3)cccc2c1. The third kappa shape index (κ3) is 6.88. The molecule has 0 bridgehead atoms. The highest BCUT2D eigenvalue weighted by Crippen LogP contribution is 2.41. The molecule has 0 aliphatic carbocycles. The van der Waals surface area contributed by atoms with Crippen molar-refractivity contribution in [1.29, 1.82) is 0 Å². The van der Waals surface area contributed by atoms with Crippen molar-refractivity contribution in [1.82, 2.24) is 4.57 Å². The summed E-state index contributed by atoms with van der Waals surface area (Å²) >= 11 is 1.86. The highest BCUT2D eigenvalue weighted by atomic mass is 32.1. The molecule has 0 radical (unpaired) electrons. The number of nitrogens with zero attached hydrogens (tertiary/aromatic N) is 2. The number of rotatable bonds is 8. The number of anilines is 3. The summed E-state index contributed by atoms with van der Waals surface area (Å²) in [6.07, 6.45) is 0. The van der Waals surface area contributed by atoms with Gasteiger partial charge in [-0.2, -0.15) is 0 Å². The second-order valence-corrected chi connectivity index (χ2v) is 18.4. The molecule has 0 aliphatic heterocycles. The van der Waals surface area contributed by atoms with Crippen LogP contribution < -0.4 is 4.90 Å². The topological polar surface area (TPSA) is 8.17 Å². The van der Waals surface area contributed by atoms with Gasteiger partial charge in [-0.05, 0) is 134 Å². The zero-order chi connectivity index (χ0) is 44.3. The first-order valence-corrected chi connectivity index (χ1v) is 23.7. The molecule has 0 saturated carbocycles. The van der Waals surface area contributed by atoms with Gasteiger partial charge in [-0.1, -0.05) is 176 Å². The first kappa shape index (κ1) is 38.9. The Morgan fingerprint density at radius 1 is 0.284 bits per heavy atom. The fourth-order valence-corrected chi connectivity index (χ4v) is 11.2. The fourth-order valence-electron chi connectivity index (χ4n) is 10.1. The van der Waals surface area contributed by atoms with Gasteiger partial charge in [0, 0.05) is 53.7 Å². The van der Waals surface area contributed by atoms with E-state index in [0.29, 0.717) is 0 Å². The normalized spacial score (nSPS) is 11.6. The summed E-state index contributed by atoms with van der Waals surface area (Å²) in [5.74, 6) is 0. The van der Waals surface area contributed by atoms with Crippen LogP contribution in [0, 0.1) is 0 Å². The molecule has 0 fully saturated rings. The summed E-state index contributed by atoms with van der Waals surface area (Å²) < 4.78 is 5.02. The summed E-state index contributed by atoms with van der Waals surface area (Å²) in [4.78, 5) is 2.36. The summed E-state index contributed by atoms with van der Waals surface area (Å²) in [6, 6.07) is 93.1. The van der Waals surface area contributed by atoms with E-state index in [1.54, 1.807) is 0 Å². The monoisotopic (exact) mass is 870 g/mol. The number of hydrogen-bond acceptors (Lipinski definition) is 2. The van der Waals surface area contributed by atoms with Crippen molar-refractivity contribution in [2.45, 2.75) is 0 Å². The van der Waals surface area contributed by atoms with E-state index in [2.05, 4.69) is 264 Å². The molecule has 0 saturated heterocycles. The Bertz CT molecular complexity index is 3880. The van der Waals surface area contributed by atoms with Crippen LogP contribution in [0.15, 0.2) is 255 Å². The number of thiophene rings is 1. The second kappa shape index (κ2) is 16.2. The maximum absolute atomic E-state index is 2.37. The predicted octanol–water partition coefficient (Wildman–Crippen LogP) is 18.4. The molecular weight excluding hydrogens is 829 g/mol. The third-order valence-electron chi connectivity index (χ3n) is 13.4. The average molecular weight is 871 g/mol. The summed E-state index contributed by atoms with van der Waals surface area (Å²) in [6.45, 7) is 0. The van der Waals surface area contributed by atoms with Gasteiger partial charge in [0.1, 0.15) is 0 Å². The maximum atomic E-state index is 2.37. The standard InChI is InChI=1S/C64H42N2S/c1-2-12-55-48(10-1)11-9-16-56(55)49-22-20-43(21-23-49)44-24-33-51(34-25-44)65(53-37-30-47(31-38-53)50-32-41-64-60(42-50)59-15-5-8-19-63(59)67-64)52-35-26-45(27-36-52)46-28-39-54(40-29-46)66-61-17-6-3-13-57(61)58-14-4-7-18-62(58)66/h1-42H. The summed E-state index contributed by atoms with van der Waals surface area (Å²) in [5.41, 5.74) is 16.5. The summed E-state index contributed by atoms with van der Waals surface area (Å²) in [7, 11) is 0. The Hall–Kier alpha value is -8.50. The lowest BCUT2D eigenvalue weighted by atomic mass is 9.96.